The van der Waals surface area contributed by atoms with E-state index in [1.807, 2.05) is 6.92 Å². The van der Waals surface area contributed by atoms with Crippen molar-refractivity contribution >= 4 is 11.6 Å². The van der Waals surface area contributed by atoms with Crippen molar-refractivity contribution in [2.45, 2.75) is 32.2 Å². The summed E-state index contributed by atoms with van der Waals surface area (Å²) in [6.07, 6.45) is 7.90. The Morgan fingerprint density at radius 2 is 2.15 bits per heavy atom. The minimum atomic E-state index is -0.889. The van der Waals surface area contributed by atoms with E-state index in [1.165, 1.54) is 10.9 Å². The molecule has 0 spiro atoms. The first-order valence-electron chi connectivity index (χ1n) is 6.45. The van der Waals surface area contributed by atoms with Crippen molar-refractivity contribution in [1.29, 1.82) is 0 Å². The second-order valence-corrected chi connectivity index (χ2v) is 4.84. The van der Waals surface area contributed by atoms with Crippen LogP contribution in [0.25, 0.3) is 5.95 Å². The van der Waals surface area contributed by atoms with Crippen LogP contribution in [0.4, 0.5) is 5.69 Å². The molecule has 0 aliphatic rings. The predicted molar refractivity (Wildman–Crippen MR) is 75.3 cm³/mol. The van der Waals surface area contributed by atoms with Crippen LogP contribution in [-0.2, 0) is 4.79 Å². The Hall–Kier alpha value is -2.28. The Labute approximate surface area is 117 Å². The highest BCUT2D eigenvalue weighted by atomic mass is 16.2. The Bertz CT molecular complexity index is 578. The Morgan fingerprint density at radius 3 is 2.80 bits per heavy atom. The van der Waals surface area contributed by atoms with Crippen molar-refractivity contribution in [1.82, 2.24) is 19.7 Å². The number of nitrogens with two attached hydrogens (primary N) is 1. The van der Waals surface area contributed by atoms with Gasteiger partial charge >= 0.3 is 0 Å². The summed E-state index contributed by atoms with van der Waals surface area (Å²) >= 11 is 0. The van der Waals surface area contributed by atoms with Gasteiger partial charge in [0.25, 0.3) is 0 Å². The van der Waals surface area contributed by atoms with Crippen LogP contribution in [0.1, 0.15) is 26.7 Å². The number of aromatic nitrogens is 4. The van der Waals surface area contributed by atoms with Crippen LogP contribution in [0.15, 0.2) is 30.9 Å². The molecule has 3 N–H and O–H groups in total. The average molecular weight is 274 g/mol. The van der Waals surface area contributed by atoms with Crippen LogP contribution in [0.2, 0.25) is 0 Å². The van der Waals surface area contributed by atoms with Crippen LogP contribution in [-0.4, -0.2) is 31.2 Å². The number of carbonyl (C=O) groups excluding carboxylic acids is 1. The molecule has 2 heterocycles. The van der Waals surface area contributed by atoms with Gasteiger partial charge in [-0.1, -0.05) is 13.3 Å². The Balaban J connectivity index is 2.09. The van der Waals surface area contributed by atoms with E-state index < -0.39 is 5.54 Å². The number of hydrogen-bond acceptors (Lipinski definition) is 5. The number of amides is 1. The summed E-state index contributed by atoms with van der Waals surface area (Å²) in [4.78, 5) is 20.2. The number of rotatable bonds is 5. The lowest BCUT2D eigenvalue weighted by atomic mass is 9.96. The molecule has 7 nitrogen and oxygen atoms in total. The van der Waals surface area contributed by atoms with Gasteiger partial charge < -0.3 is 11.1 Å². The van der Waals surface area contributed by atoms with Gasteiger partial charge in [-0.3, -0.25) is 4.79 Å². The molecule has 0 aliphatic carbocycles. The molecule has 1 unspecified atom stereocenters. The zero-order valence-corrected chi connectivity index (χ0v) is 11.6. The molecule has 1 atom stereocenters. The number of nitrogens with one attached hydrogen (secondary N) is 1. The van der Waals surface area contributed by atoms with Crippen molar-refractivity contribution in [3.8, 4) is 5.95 Å². The van der Waals surface area contributed by atoms with Crippen LogP contribution in [0, 0.1) is 0 Å². The topological polar surface area (TPSA) is 98.7 Å². The van der Waals surface area contributed by atoms with E-state index in [9.17, 15) is 4.79 Å². The molecule has 2 aromatic rings. The molecule has 0 radical (unpaired) electrons. The molecule has 106 valence electrons. The summed E-state index contributed by atoms with van der Waals surface area (Å²) in [5.74, 6) is 0.213. The van der Waals surface area contributed by atoms with E-state index in [0.29, 0.717) is 18.1 Å². The van der Waals surface area contributed by atoms with E-state index in [-0.39, 0.29) is 5.91 Å². The quantitative estimate of drug-likeness (QED) is 0.851. The third-order valence-electron chi connectivity index (χ3n) is 2.89. The molecule has 0 bridgehead atoms. The van der Waals surface area contributed by atoms with Crippen molar-refractivity contribution in [2.24, 2.45) is 5.73 Å². The predicted octanol–water partition coefficient (Wildman–Crippen LogP) is 1.12. The fourth-order valence-corrected chi connectivity index (χ4v) is 1.81. The maximum Gasteiger partial charge on any atom is 0.250 e. The lowest BCUT2D eigenvalue weighted by molar-refractivity contribution is -0.120. The van der Waals surface area contributed by atoms with Crippen molar-refractivity contribution in [2.75, 3.05) is 5.32 Å². The van der Waals surface area contributed by atoms with Crippen LogP contribution in [0.5, 0.6) is 0 Å². The minimum absolute atomic E-state index is 0.229. The summed E-state index contributed by atoms with van der Waals surface area (Å²) in [5.41, 5.74) is 5.65. The highest BCUT2D eigenvalue weighted by Crippen LogP contribution is 2.14. The van der Waals surface area contributed by atoms with Crippen molar-refractivity contribution < 1.29 is 4.79 Å². The summed E-state index contributed by atoms with van der Waals surface area (Å²) in [6, 6.07) is 1.72. The average Bonchev–Trinajstić information content (AvgIpc) is 2.88. The highest BCUT2D eigenvalue weighted by Gasteiger charge is 2.27. The van der Waals surface area contributed by atoms with Crippen LogP contribution < -0.4 is 11.1 Å². The third kappa shape index (κ3) is 3.18. The fourth-order valence-electron chi connectivity index (χ4n) is 1.81. The Kier molecular flexibility index (Phi) is 4.09. The molecule has 1 amide bonds. The zero-order valence-electron chi connectivity index (χ0n) is 11.6. The molecule has 0 saturated heterocycles. The molecule has 0 aromatic carbocycles. The first-order valence-corrected chi connectivity index (χ1v) is 6.45. The van der Waals surface area contributed by atoms with E-state index in [4.69, 9.17) is 5.73 Å². The highest BCUT2D eigenvalue weighted by molar-refractivity contribution is 5.97. The first-order chi connectivity index (χ1) is 9.53. The van der Waals surface area contributed by atoms with Gasteiger partial charge in [-0.25, -0.2) is 14.6 Å². The summed E-state index contributed by atoms with van der Waals surface area (Å²) in [6.45, 7) is 3.71. The minimum Gasteiger partial charge on any atom is -0.322 e. The monoisotopic (exact) mass is 274 g/mol. The number of anilines is 1. The zero-order chi connectivity index (χ0) is 14.6. The molecule has 20 heavy (non-hydrogen) atoms. The summed E-state index contributed by atoms with van der Waals surface area (Å²) < 4.78 is 1.49. The maximum atomic E-state index is 12.1. The van der Waals surface area contributed by atoms with Gasteiger partial charge in [-0.05, 0) is 19.4 Å². The molecular weight excluding hydrogens is 256 g/mol. The molecule has 0 aliphatic heterocycles. The van der Waals surface area contributed by atoms with Gasteiger partial charge in [0.15, 0.2) is 0 Å². The molecular formula is C13H18N6O. The van der Waals surface area contributed by atoms with Gasteiger partial charge in [-0.15, -0.1) is 0 Å². The summed E-state index contributed by atoms with van der Waals surface area (Å²) in [7, 11) is 0. The van der Waals surface area contributed by atoms with E-state index in [2.05, 4.69) is 20.4 Å². The molecule has 0 saturated carbocycles. The van der Waals surface area contributed by atoms with Gasteiger partial charge in [0, 0.05) is 12.4 Å². The lowest BCUT2D eigenvalue weighted by Crippen LogP contribution is -2.48. The molecule has 2 aromatic heterocycles. The van der Waals surface area contributed by atoms with Crippen LogP contribution >= 0.6 is 0 Å². The van der Waals surface area contributed by atoms with Gasteiger partial charge in [0.2, 0.25) is 11.9 Å². The lowest BCUT2D eigenvalue weighted by Gasteiger charge is -2.22. The number of carbonyl (C=O) groups is 1. The summed E-state index contributed by atoms with van der Waals surface area (Å²) in [5, 5.41) is 6.86. The third-order valence-corrected chi connectivity index (χ3v) is 2.89. The van der Waals surface area contributed by atoms with E-state index in [1.54, 1.807) is 31.6 Å². The second-order valence-electron chi connectivity index (χ2n) is 4.84. The smallest absolute Gasteiger partial charge is 0.250 e. The standard InChI is InChI=1S/C13H18N6O/c1-3-5-13(2,14)11(20)18-10-8-17-19(9-10)12-15-6-4-7-16-12/h4,6-9H,3,5,14H2,1-2H3,(H,18,20). The van der Waals surface area contributed by atoms with Crippen molar-refractivity contribution in [3.63, 3.8) is 0 Å². The molecule has 0 fully saturated rings. The second kappa shape index (κ2) is 5.79. The molecule has 7 heteroatoms. The number of nitrogens with zero attached hydrogens (tertiary/aromatic N) is 4. The van der Waals surface area contributed by atoms with Gasteiger partial charge in [0.05, 0.1) is 23.6 Å². The van der Waals surface area contributed by atoms with Crippen molar-refractivity contribution in [3.05, 3.63) is 30.9 Å². The molecule has 2 rings (SSSR count). The van der Waals surface area contributed by atoms with Gasteiger partial charge in [-0.2, -0.15) is 5.10 Å². The maximum absolute atomic E-state index is 12.1. The van der Waals surface area contributed by atoms with E-state index >= 15 is 0 Å². The van der Waals surface area contributed by atoms with Gasteiger partial charge in [0.1, 0.15) is 0 Å². The number of hydrogen-bond donors (Lipinski definition) is 2. The van der Waals surface area contributed by atoms with Crippen LogP contribution in [0.3, 0.4) is 0 Å². The first kappa shape index (κ1) is 14.1. The Morgan fingerprint density at radius 1 is 1.45 bits per heavy atom. The normalized spacial score (nSPS) is 13.8. The largest absolute Gasteiger partial charge is 0.322 e. The van der Waals surface area contributed by atoms with E-state index in [0.717, 1.165) is 6.42 Å². The fraction of sp³-hybridized carbons (Fsp3) is 0.385. The SMILES string of the molecule is CCCC(C)(N)C(=O)Nc1cnn(-c2ncccn2)c1.